The van der Waals surface area contributed by atoms with Crippen LogP contribution in [0.1, 0.15) is 10.4 Å². The predicted molar refractivity (Wildman–Crippen MR) is 74.6 cm³/mol. The lowest BCUT2D eigenvalue weighted by Gasteiger charge is -2.13. The van der Waals surface area contributed by atoms with Crippen LogP contribution in [0.3, 0.4) is 0 Å². The molecular formula is C15H13F3N2O. The molecule has 110 valence electrons. The molecule has 3 nitrogen and oxygen atoms in total. The number of hydrogen-bond donors (Lipinski definition) is 2. The Morgan fingerprint density at radius 3 is 2.24 bits per heavy atom. The van der Waals surface area contributed by atoms with Crippen LogP contribution in [-0.4, -0.2) is 18.6 Å². The van der Waals surface area contributed by atoms with Crippen LogP contribution in [-0.2, 0) is 0 Å². The quantitative estimate of drug-likeness (QED) is 0.902. The van der Waals surface area contributed by atoms with Crippen molar-refractivity contribution in [2.45, 2.75) is 6.18 Å². The van der Waals surface area contributed by atoms with Crippen molar-refractivity contribution in [1.82, 2.24) is 5.32 Å². The lowest BCUT2D eigenvalue weighted by atomic mass is 10.1. The molecule has 0 spiro atoms. The Bertz CT molecular complexity index is 612. The number of benzene rings is 2. The molecule has 0 unspecified atom stereocenters. The normalized spacial score (nSPS) is 11.0. The van der Waals surface area contributed by atoms with Gasteiger partial charge in [-0.15, -0.1) is 0 Å². The predicted octanol–water partition coefficient (Wildman–Crippen LogP) is 3.72. The number of para-hydroxylation sites is 2. The van der Waals surface area contributed by atoms with Gasteiger partial charge >= 0.3 is 6.18 Å². The lowest BCUT2D eigenvalue weighted by molar-refractivity contribution is -0.123. The molecule has 2 aromatic carbocycles. The van der Waals surface area contributed by atoms with Gasteiger partial charge in [0.05, 0.1) is 11.3 Å². The Morgan fingerprint density at radius 2 is 1.57 bits per heavy atom. The number of carbonyl (C=O) groups excluding carboxylic acids is 1. The topological polar surface area (TPSA) is 41.1 Å². The number of alkyl halides is 3. The highest BCUT2D eigenvalue weighted by molar-refractivity contribution is 6.00. The smallest absolute Gasteiger partial charge is 0.355 e. The second-order valence-corrected chi connectivity index (χ2v) is 4.33. The third-order valence-corrected chi connectivity index (χ3v) is 2.67. The third kappa shape index (κ3) is 4.52. The molecule has 0 aliphatic rings. The van der Waals surface area contributed by atoms with E-state index in [-0.39, 0.29) is 5.56 Å². The van der Waals surface area contributed by atoms with Crippen LogP contribution in [0.2, 0.25) is 0 Å². The van der Waals surface area contributed by atoms with Crippen molar-refractivity contribution in [1.29, 1.82) is 0 Å². The minimum absolute atomic E-state index is 0.158. The zero-order valence-electron chi connectivity index (χ0n) is 10.9. The highest BCUT2D eigenvalue weighted by Crippen LogP contribution is 2.21. The van der Waals surface area contributed by atoms with E-state index in [0.717, 1.165) is 5.69 Å². The number of hydrogen-bond acceptors (Lipinski definition) is 2. The Balaban J connectivity index is 2.15. The van der Waals surface area contributed by atoms with E-state index in [2.05, 4.69) is 5.32 Å². The van der Waals surface area contributed by atoms with E-state index in [1.54, 1.807) is 30.3 Å². The summed E-state index contributed by atoms with van der Waals surface area (Å²) in [6.45, 7) is -1.36. The van der Waals surface area contributed by atoms with Gasteiger partial charge in [0.15, 0.2) is 0 Å². The molecule has 2 rings (SSSR count). The number of anilines is 2. The molecule has 0 atom stereocenters. The summed E-state index contributed by atoms with van der Waals surface area (Å²) in [4.78, 5) is 11.9. The maximum atomic E-state index is 12.1. The fourth-order valence-corrected chi connectivity index (χ4v) is 1.74. The van der Waals surface area contributed by atoms with Crippen LogP contribution in [0.4, 0.5) is 24.5 Å². The summed E-state index contributed by atoms with van der Waals surface area (Å²) in [5.74, 6) is -0.772. The molecule has 0 aliphatic heterocycles. The van der Waals surface area contributed by atoms with E-state index in [4.69, 9.17) is 0 Å². The van der Waals surface area contributed by atoms with E-state index in [1.165, 1.54) is 6.07 Å². The Hall–Kier alpha value is -2.50. The van der Waals surface area contributed by atoms with Crippen LogP contribution in [0, 0.1) is 0 Å². The van der Waals surface area contributed by atoms with Gasteiger partial charge in [-0.25, -0.2) is 0 Å². The first kappa shape index (κ1) is 14.9. The fraction of sp³-hybridized carbons (Fsp3) is 0.133. The molecular weight excluding hydrogens is 281 g/mol. The van der Waals surface area contributed by atoms with Gasteiger partial charge in [0.2, 0.25) is 0 Å². The van der Waals surface area contributed by atoms with Gasteiger partial charge in [-0.2, -0.15) is 13.2 Å². The van der Waals surface area contributed by atoms with Crippen molar-refractivity contribution >= 4 is 17.3 Å². The molecule has 6 heteroatoms. The average molecular weight is 294 g/mol. The molecule has 2 aromatic rings. The van der Waals surface area contributed by atoms with Gasteiger partial charge in [0, 0.05) is 5.69 Å². The van der Waals surface area contributed by atoms with Crippen molar-refractivity contribution in [2.75, 3.05) is 11.9 Å². The van der Waals surface area contributed by atoms with Gasteiger partial charge < -0.3 is 10.6 Å². The zero-order chi connectivity index (χ0) is 15.3. The first-order chi connectivity index (χ1) is 9.96. The Kier molecular flexibility index (Phi) is 4.47. The summed E-state index contributed by atoms with van der Waals surface area (Å²) in [6, 6.07) is 15.5. The van der Waals surface area contributed by atoms with Crippen molar-refractivity contribution in [2.24, 2.45) is 0 Å². The number of rotatable bonds is 4. The van der Waals surface area contributed by atoms with Crippen molar-refractivity contribution in [3.63, 3.8) is 0 Å². The summed E-state index contributed by atoms with van der Waals surface area (Å²) in [5, 5.41) is 4.87. The number of halogens is 3. The Labute approximate surface area is 119 Å². The van der Waals surface area contributed by atoms with Gasteiger partial charge in [-0.1, -0.05) is 30.3 Å². The maximum Gasteiger partial charge on any atom is 0.405 e. The molecule has 0 saturated carbocycles. The number of carbonyl (C=O) groups is 1. The largest absolute Gasteiger partial charge is 0.405 e. The molecule has 2 N–H and O–H groups in total. The van der Waals surface area contributed by atoms with Crippen LogP contribution < -0.4 is 10.6 Å². The third-order valence-electron chi connectivity index (χ3n) is 2.67. The second kappa shape index (κ2) is 6.30. The SMILES string of the molecule is O=C(NCC(F)(F)F)c1ccccc1Nc1ccccc1. The molecule has 0 fully saturated rings. The first-order valence-corrected chi connectivity index (χ1v) is 6.22. The van der Waals surface area contributed by atoms with Crippen LogP contribution >= 0.6 is 0 Å². The van der Waals surface area contributed by atoms with Gasteiger partial charge in [0.25, 0.3) is 5.91 Å². The Morgan fingerprint density at radius 1 is 0.952 bits per heavy atom. The van der Waals surface area contributed by atoms with Crippen molar-refractivity contribution in [3.8, 4) is 0 Å². The molecule has 0 aromatic heterocycles. The number of amides is 1. The highest BCUT2D eigenvalue weighted by Gasteiger charge is 2.28. The zero-order valence-corrected chi connectivity index (χ0v) is 10.9. The van der Waals surface area contributed by atoms with Gasteiger partial charge in [0.1, 0.15) is 6.54 Å². The number of nitrogens with one attached hydrogen (secondary N) is 2. The molecule has 0 heterocycles. The summed E-state index contributed by atoms with van der Waals surface area (Å²) < 4.78 is 36.4. The standard InChI is InChI=1S/C15H13F3N2O/c16-15(17,18)10-19-14(21)12-8-4-5-9-13(12)20-11-6-2-1-3-7-11/h1-9,20H,10H2,(H,19,21). The van der Waals surface area contributed by atoms with Gasteiger partial charge in [-0.3, -0.25) is 4.79 Å². The summed E-state index contributed by atoms with van der Waals surface area (Å²) in [7, 11) is 0. The second-order valence-electron chi connectivity index (χ2n) is 4.33. The van der Waals surface area contributed by atoms with E-state index < -0.39 is 18.6 Å². The monoisotopic (exact) mass is 294 g/mol. The molecule has 0 aliphatic carbocycles. The van der Waals surface area contributed by atoms with Crippen LogP contribution in [0.25, 0.3) is 0 Å². The minimum Gasteiger partial charge on any atom is -0.355 e. The molecule has 1 amide bonds. The van der Waals surface area contributed by atoms with E-state index in [9.17, 15) is 18.0 Å². The first-order valence-electron chi connectivity index (χ1n) is 6.22. The van der Waals surface area contributed by atoms with Crippen LogP contribution in [0.15, 0.2) is 54.6 Å². The maximum absolute atomic E-state index is 12.1. The molecule has 0 bridgehead atoms. The summed E-state index contributed by atoms with van der Waals surface area (Å²) in [6.07, 6.45) is -4.43. The van der Waals surface area contributed by atoms with Crippen molar-refractivity contribution in [3.05, 3.63) is 60.2 Å². The molecule has 21 heavy (non-hydrogen) atoms. The highest BCUT2D eigenvalue weighted by atomic mass is 19.4. The van der Waals surface area contributed by atoms with E-state index in [0.29, 0.717) is 5.69 Å². The van der Waals surface area contributed by atoms with Gasteiger partial charge in [-0.05, 0) is 24.3 Å². The van der Waals surface area contributed by atoms with E-state index >= 15 is 0 Å². The molecule has 0 saturated heterocycles. The molecule has 0 radical (unpaired) electrons. The lowest BCUT2D eigenvalue weighted by Crippen LogP contribution is -2.34. The average Bonchev–Trinajstić information content (AvgIpc) is 2.46. The van der Waals surface area contributed by atoms with Crippen LogP contribution in [0.5, 0.6) is 0 Å². The minimum atomic E-state index is -4.43. The van der Waals surface area contributed by atoms with Crippen molar-refractivity contribution < 1.29 is 18.0 Å². The fourth-order valence-electron chi connectivity index (χ4n) is 1.74. The summed E-state index contributed by atoms with van der Waals surface area (Å²) in [5.41, 5.74) is 1.35. The van der Waals surface area contributed by atoms with E-state index in [1.807, 2.05) is 23.5 Å². The summed E-state index contributed by atoms with van der Waals surface area (Å²) >= 11 is 0.